The molecule has 0 aromatic heterocycles. The molecule has 1 aliphatic rings. The van der Waals surface area contributed by atoms with E-state index >= 15 is 0 Å². The maximum absolute atomic E-state index is 13.7. The molecule has 0 aliphatic carbocycles. The summed E-state index contributed by atoms with van der Waals surface area (Å²) in [5.41, 5.74) is -1.20. The molecule has 1 fully saturated rings. The van der Waals surface area contributed by atoms with Crippen molar-refractivity contribution in [1.82, 2.24) is 0 Å². The Hall–Kier alpha value is -0.0331. The monoisotopic (exact) mass is 240 g/mol. The van der Waals surface area contributed by atoms with Crippen LogP contribution in [0.5, 0.6) is 0 Å². The second-order valence-corrected chi connectivity index (χ2v) is 8.90. The van der Waals surface area contributed by atoms with Gasteiger partial charge in [0.1, 0.15) is 0 Å². The maximum atomic E-state index is 13.7. The zero-order valence-electron chi connectivity index (χ0n) is 9.69. The fourth-order valence-electron chi connectivity index (χ4n) is 2.27. The summed E-state index contributed by atoms with van der Waals surface area (Å²) in [5, 5.41) is 0. The Labute approximate surface area is 90.1 Å². The molecule has 0 aromatic rings. The van der Waals surface area contributed by atoms with Crippen molar-refractivity contribution in [2.45, 2.75) is 63.5 Å². The number of rotatable bonds is 2. The quantitative estimate of drug-likeness (QED) is 0.673. The van der Waals surface area contributed by atoms with Gasteiger partial charge in [-0.05, 0) is 26.4 Å². The van der Waals surface area contributed by atoms with E-state index in [0.29, 0.717) is 6.04 Å². The minimum absolute atomic E-state index is 0.532. The molecular formula is C10H19F3OSi. The van der Waals surface area contributed by atoms with Gasteiger partial charge in [0.2, 0.25) is 8.32 Å². The average Bonchev–Trinajstić information content (AvgIpc) is 2.12. The van der Waals surface area contributed by atoms with Gasteiger partial charge in [-0.2, -0.15) is 0 Å². The predicted molar refractivity (Wildman–Crippen MR) is 56.6 cm³/mol. The van der Waals surface area contributed by atoms with Crippen molar-refractivity contribution in [1.29, 1.82) is 0 Å². The molecule has 1 rings (SSSR count). The first-order valence-electron chi connectivity index (χ1n) is 5.37. The summed E-state index contributed by atoms with van der Waals surface area (Å²) >= 11 is 0. The Morgan fingerprint density at radius 1 is 1.27 bits per heavy atom. The van der Waals surface area contributed by atoms with E-state index in [1.54, 1.807) is 6.55 Å². The second-order valence-electron chi connectivity index (χ2n) is 5.02. The van der Waals surface area contributed by atoms with Gasteiger partial charge in [0.15, 0.2) is 18.1 Å². The van der Waals surface area contributed by atoms with E-state index < -0.39 is 32.1 Å². The zero-order valence-corrected chi connectivity index (χ0v) is 10.7. The lowest BCUT2D eigenvalue weighted by atomic mass is 9.99. The van der Waals surface area contributed by atoms with Gasteiger partial charge >= 0.3 is 0 Å². The van der Waals surface area contributed by atoms with E-state index in [1.807, 2.05) is 6.92 Å². The molecule has 0 saturated carbocycles. The molecule has 0 aromatic carbocycles. The number of hydrogen-bond acceptors (Lipinski definition) is 1. The highest BCUT2D eigenvalue weighted by Gasteiger charge is 2.58. The predicted octanol–water partition coefficient (Wildman–Crippen LogP) is 3.33. The summed E-state index contributed by atoms with van der Waals surface area (Å²) in [6.45, 7) is 6.55. The van der Waals surface area contributed by atoms with Gasteiger partial charge in [-0.25, -0.2) is 13.2 Å². The summed E-state index contributed by atoms with van der Waals surface area (Å²) in [6.07, 6.45) is -3.16. The first-order valence-corrected chi connectivity index (χ1v) is 8.06. The SMILES string of the molecule is CCC[Si]1(C)OC(C)(C)C(F)C(F)C1F. The fraction of sp³-hybridized carbons (Fsp3) is 1.00. The van der Waals surface area contributed by atoms with E-state index in [0.717, 1.165) is 6.42 Å². The minimum atomic E-state index is -2.76. The topological polar surface area (TPSA) is 9.23 Å². The first kappa shape index (κ1) is 13.0. The molecule has 0 spiro atoms. The number of alkyl halides is 3. The van der Waals surface area contributed by atoms with Crippen molar-refractivity contribution in [3.63, 3.8) is 0 Å². The van der Waals surface area contributed by atoms with Crippen LogP contribution in [0.15, 0.2) is 0 Å². The van der Waals surface area contributed by atoms with Crippen LogP contribution in [0.1, 0.15) is 27.2 Å². The molecule has 4 atom stereocenters. The van der Waals surface area contributed by atoms with Crippen molar-refractivity contribution >= 4 is 8.32 Å². The largest absolute Gasteiger partial charge is 0.406 e. The Balaban J connectivity index is 2.93. The molecule has 15 heavy (non-hydrogen) atoms. The van der Waals surface area contributed by atoms with Crippen molar-refractivity contribution in [3.8, 4) is 0 Å². The normalized spacial score (nSPS) is 45.4. The van der Waals surface area contributed by atoms with Crippen LogP contribution in [0.2, 0.25) is 12.6 Å². The molecule has 0 N–H and O–H groups in total. The average molecular weight is 240 g/mol. The molecule has 1 saturated heterocycles. The molecular weight excluding hydrogens is 221 g/mol. The highest BCUT2D eigenvalue weighted by molar-refractivity contribution is 6.74. The lowest BCUT2D eigenvalue weighted by Crippen LogP contribution is -2.65. The van der Waals surface area contributed by atoms with Crippen LogP contribution in [0.4, 0.5) is 13.2 Å². The van der Waals surface area contributed by atoms with Crippen LogP contribution in [-0.2, 0) is 4.43 Å². The van der Waals surface area contributed by atoms with Crippen LogP contribution in [0.25, 0.3) is 0 Å². The number of hydrogen-bond donors (Lipinski definition) is 0. The molecule has 0 amide bonds. The van der Waals surface area contributed by atoms with Crippen LogP contribution >= 0.6 is 0 Å². The standard InChI is InChI=1S/C10H19F3OSi/c1-5-6-15(4)9(13)7(11)8(12)10(2,3)14-15/h7-9H,5-6H2,1-4H3. The van der Waals surface area contributed by atoms with Crippen LogP contribution < -0.4 is 0 Å². The summed E-state index contributed by atoms with van der Waals surface area (Å²) in [7, 11) is -2.76. The Morgan fingerprint density at radius 3 is 2.27 bits per heavy atom. The van der Waals surface area contributed by atoms with Gasteiger partial charge in [0.25, 0.3) is 0 Å². The van der Waals surface area contributed by atoms with Crippen molar-refractivity contribution < 1.29 is 17.6 Å². The second kappa shape index (κ2) is 4.09. The Bertz CT molecular complexity index is 237. The van der Waals surface area contributed by atoms with Gasteiger partial charge in [0.05, 0.1) is 5.60 Å². The summed E-state index contributed by atoms with van der Waals surface area (Å²) < 4.78 is 46.2. The van der Waals surface area contributed by atoms with Crippen molar-refractivity contribution in [2.75, 3.05) is 0 Å². The molecule has 0 radical (unpaired) electrons. The van der Waals surface area contributed by atoms with Gasteiger partial charge < -0.3 is 4.43 Å². The lowest BCUT2D eigenvalue weighted by molar-refractivity contribution is -0.0739. The van der Waals surface area contributed by atoms with Gasteiger partial charge in [0, 0.05) is 0 Å². The number of halogens is 3. The van der Waals surface area contributed by atoms with Gasteiger partial charge in [-0.3, -0.25) is 0 Å². The van der Waals surface area contributed by atoms with Gasteiger partial charge in [-0.15, -0.1) is 0 Å². The zero-order chi connectivity index (χ0) is 11.9. The molecule has 4 unspecified atom stereocenters. The summed E-state index contributed by atoms with van der Waals surface area (Å²) in [5.74, 6) is -1.75. The van der Waals surface area contributed by atoms with Crippen LogP contribution in [0, 0.1) is 0 Å². The van der Waals surface area contributed by atoms with E-state index in [1.165, 1.54) is 13.8 Å². The maximum Gasteiger partial charge on any atom is 0.229 e. The third-order valence-corrected chi connectivity index (χ3v) is 7.02. The first-order chi connectivity index (χ1) is 6.74. The van der Waals surface area contributed by atoms with E-state index in [4.69, 9.17) is 4.43 Å². The third kappa shape index (κ3) is 2.23. The Kier molecular flexibility index (Phi) is 3.55. The smallest absolute Gasteiger partial charge is 0.229 e. The molecule has 5 heteroatoms. The fourth-order valence-corrected chi connectivity index (χ4v) is 5.91. The van der Waals surface area contributed by atoms with E-state index in [2.05, 4.69) is 0 Å². The molecule has 1 nitrogen and oxygen atoms in total. The summed E-state index contributed by atoms with van der Waals surface area (Å²) in [6, 6.07) is 0.532. The van der Waals surface area contributed by atoms with E-state index in [9.17, 15) is 13.2 Å². The lowest BCUT2D eigenvalue weighted by Gasteiger charge is -2.47. The van der Waals surface area contributed by atoms with E-state index in [-0.39, 0.29) is 0 Å². The van der Waals surface area contributed by atoms with Crippen molar-refractivity contribution in [2.24, 2.45) is 0 Å². The molecule has 1 heterocycles. The minimum Gasteiger partial charge on any atom is -0.406 e. The Morgan fingerprint density at radius 2 is 1.80 bits per heavy atom. The third-order valence-electron chi connectivity index (χ3n) is 3.05. The van der Waals surface area contributed by atoms with Crippen LogP contribution in [0.3, 0.4) is 0 Å². The van der Waals surface area contributed by atoms with Crippen LogP contribution in [-0.4, -0.2) is 32.1 Å². The molecule has 0 bridgehead atoms. The summed E-state index contributed by atoms with van der Waals surface area (Å²) in [4.78, 5) is 0. The highest BCUT2D eigenvalue weighted by Crippen LogP contribution is 2.40. The van der Waals surface area contributed by atoms with Gasteiger partial charge in [-0.1, -0.05) is 13.3 Å². The van der Waals surface area contributed by atoms with Crippen molar-refractivity contribution in [3.05, 3.63) is 0 Å². The molecule has 90 valence electrons. The molecule has 1 aliphatic heterocycles. The highest BCUT2D eigenvalue weighted by atomic mass is 28.4.